The SMILES string of the molecule is Cc1ccsc1-c1sc(/C=N/NCC[C@@H]2CNC[C@H](C(=O)O)C2)cc1C. The zero-order chi connectivity index (χ0) is 18.5. The molecular formula is C19H25N3O2S2. The summed E-state index contributed by atoms with van der Waals surface area (Å²) in [5.74, 6) is -0.562. The molecule has 0 aliphatic carbocycles. The summed E-state index contributed by atoms with van der Waals surface area (Å²) in [6.45, 7) is 6.53. The number of hydrazone groups is 1. The molecule has 1 saturated heterocycles. The van der Waals surface area contributed by atoms with E-state index >= 15 is 0 Å². The number of rotatable bonds is 7. The Morgan fingerprint density at radius 1 is 1.38 bits per heavy atom. The van der Waals surface area contributed by atoms with E-state index in [1.165, 1.54) is 20.9 Å². The lowest BCUT2D eigenvalue weighted by molar-refractivity contribution is -0.142. The van der Waals surface area contributed by atoms with Crippen LogP contribution >= 0.6 is 22.7 Å². The molecule has 7 heteroatoms. The first-order valence-corrected chi connectivity index (χ1v) is 10.6. The highest BCUT2D eigenvalue weighted by molar-refractivity contribution is 7.22. The van der Waals surface area contributed by atoms with Crippen molar-refractivity contribution in [2.24, 2.45) is 16.9 Å². The summed E-state index contributed by atoms with van der Waals surface area (Å²) >= 11 is 3.55. The van der Waals surface area contributed by atoms with Crippen molar-refractivity contribution in [3.63, 3.8) is 0 Å². The summed E-state index contributed by atoms with van der Waals surface area (Å²) in [6.07, 6.45) is 3.56. The first-order valence-electron chi connectivity index (χ1n) is 8.89. The number of thiophene rings is 2. The minimum absolute atomic E-state index is 0.259. The molecule has 1 fully saturated rings. The first-order chi connectivity index (χ1) is 12.5. The monoisotopic (exact) mass is 391 g/mol. The third-order valence-corrected chi connectivity index (χ3v) is 7.10. The highest BCUT2D eigenvalue weighted by Crippen LogP contribution is 2.37. The summed E-state index contributed by atoms with van der Waals surface area (Å²) in [5.41, 5.74) is 5.71. The number of hydrogen-bond acceptors (Lipinski definition) is 6. The van der Waals surface area contributed by atoms with Crippen LogP contribution in [0.4, 0.5) is 0 Å². The van der Waals surface area contributed by atoms with Gasteiger partial charge in [0.15, 0.2) is 0 Å². The molecule has 2 atom stereocenters. The second-order valence-corrected chi connectivity index (χ2v) is 8.84. The van der Waals surface area contributed by atoms with E-state index in [4.69, 9.17) is 5.11 Å². The lowest BCUT2D eigenvalue weighted by atomic mass is 9.88. The zero-order valence-corrected chi connectivity index (χ0v) is 16.8. The number of aryl methyl sites for hydroxylation is 2. The van der Waals surface area contributed by atoms with Gasteiger partial charge in [0.1, 0.15) is 0 Å². The molecule has 0 saturated carbocycles. The Bertz CT molecular complexity index is 782. The smallest absolute Gasteiger partial charge is 0.307 e. The number of carboxylic acids is 1. The van der Waals surface area contributed by atoms with Gasteiger partial charge in [-0.1, -0.05) is 0 Å². The fourth-order valence-corrected chi connectivity index (χ4v) is 5.53. The van der Waals surface area contributed by atoms with Crippen molar-refractivity contribution in [3.8, 4) is 9.75 Å². The maximum atomic E-state index is 11.1. The van der Waals surface area contributed by atoms with Crippen LogP contribution in [-0.2, 0) is 4.79 Å². The van der Waals surface area contributed by atoms with Gasteiger partial charge in [0, 0.05) is 27.7 Å². The second-order valence-electron chi connectivity index (χ2n) is 6.84. The molecule has 1 aliphatic rings. The van der Waals surface area contributed by atoms with E-state index in [2.05, 4.69) is 47.2 Å². The van der Waals surface area contributed by atoms with Gasteiger partial charge >= 0.3 is 5.97 Å². The molecule has 0 radical (unpaired) electrons. The predicted octanol–water partition coefficient (Wildman–Crippen LogP) is 3.72. The van der Waals surface area contributed by atoms with Crippen molar-refractivity contribution in [2.75, 3.05) is 19.6 Å². The Morgan fingerprint density at radius 3 is 2.96 bits per heavy atom. The maximum absolute atomic E-state index is 11.1. The van der Waals surface area contributed by atoms with E-state index in [0.717, 1.165) is 30.8 Å². The van der Waals surface area contributed by atoms with Crippen molar-refractivity contribution in [2.45, 2.75) is 26.7 Å². The van der Waals surface area contributed by atoms with Crippen LogP contribution < -0.4 is 10.7 Å². The van der Waals surface area contributed by atoms with Gasteiger partial charge in [-0.3, -0.25) is 4.79 Å². The topological polar surface area (TPSA) is 73.7 Å². The van der Waals surface area contributed by atoms with Crippen molar-refractivity contribution in [1.29, 1.82) is 0 Å². The van der Waals surface area contributed by atoms with Crippen molar-refractivity contribution in [1.82, 2.24) is 10.7 Å². The van der Waals surface area contributed by atoms with Crippen LogP contribution in [0.2, 0.25) is 0 Å². The Kier molecular flexibility index (Phi) is 6.45. The number of aliphatic carboxylic acids is 1. The van der Waals surface area contributed by atoms with Gasteiger partial charge in [-0.2, -0.15) is 5.10 Å². The fourth-order valence-electron chi connectivity index (χ4n) is 3.28. The highest BCUT2D eigenvalue weighted by Gasteiger charge is 2.26. The average Bonchev–Trinajstić information content (AvgIpc) is 3.20. The maximum Gasteiger partial charge on any atom is 0.307 e. The average molecular weight is 392 g/mol. The number of piperidine rings is 1. The third kappa shape index (κ3) is 4.72. The molecule has 3 N–H and O–H groups in total. The number of hydrogen-bond donors (Lipinski definition) is 3. The van der Waals surface area contributed by atoms with Crippen molar-refractivity contribution >= 4 is 34.9 Å². The van der Waals surface area contributed by atoms with Gasteiger partial charge in [0.25, 0.3) is 0 Å². The molecule has 0 spiro atoms. The van der Waals surface area contributed by atoms with Gasteiger partial charge in [-0.05, 0) is 67.8 Å². The summed E-state index contributed by atoms with van der Waals surface area (Å²) in [5, 5.41) is 18.8. The molecule has 2 aromatic heterocycles. The molecular weight excluding hydrogens is 366 g/mol. The molecule has 0 aromatic carbocycles. The second kappa shape index (κ2) is 8.79. The molecule has 0 bridgehead atoms. The first kappa shape index (κ1) is 19.1. The quantitative estimate of drug-likeness (QED) is 0.382. The summed E-state index contributed by atoms with van der Waals surface area (Å²) in [4.78, 5) is 14.9. The Labute approximate surface area is 162 Å². The molecule has 1 aliphatic heterocycles. The molecule has 3 heterocycles. The summed E-state index contributed by atoms with van der Waals surface area (Å²) in [6, 6.07) is 4.33. The van der Waals surface area contributed by atoms with E-state index < -0.39 is 5.97 Å². The molecule has 5 nitrogen and oxygen atoms in total. The fraction of sp³-hybridized carbons (Fsp3) is 0.474. The lowest BCUT2D eigenvalue weighted by Crippen LogP contribution is -2.40. The van der Waals surface area contributed by atoms with E-state index in [1.807, 2.05) is 6.21 Å². The standard InChI is InChI=1S/C19H25N3O2S2/c1-12-4-6-25-17(12)18-13(2)7-16(26-18)11-22-21-5-3-14-8-15(19(23)24)10-20-9-14/h4,6-7,11,14-15,20-21H,3,5,8-10H2,1-2H3,(H,23,24)/b22-11+/t14-,15+/m0/s1. The summed E-state index contributed by atoms with van der Waals surface area (Å²) < 4.78 is 0. The lowest BCUT2D eigenvalue weighted by Gasteiger charge is -2.27. The van der Waals surface area contributed by atoms with Crippen LogP contribution in [0.15, 0.2) is 22.6 Å². The molecule has 2 aromatic rings. The van der Waals surface area contributed by atoms with E-state index in [0.29, 0.717) is 12.5 Å². The van der Waals surface area contributed by atoms with Crippen LogP contribution in [0.5, 0.6) is 0 Å². The molecule has 26 heavy (non-hydrogen) atoms. The molecule has 3 rings (SSSR count). The number of carboxylic acid groups (broad SMARTS) is 1. The van der Waals surface area contributed by atoms with Crippen molar-refractivity contribution in [3.05, 3.63) is 33.5 Å². The summed E-state index contributed by atoms with van der Waals surface area (Å²) in [7, 11) is 0. The van der Waals surface area contributed by atoms with E-state index in [1.54, 1.807) is 22.7 Å². The van der Waals surface area contributed by atoms with Crippen LogP contribution in [0.3, 0.4) is 0 Å². The van der Waals surface area contributed by atoms with Crippen LogP contribution in [0, 0.1) is 25.7 Å². The third-order valence-electron chi connectivity index (χ3n) is 4.74. The highest BCUT2D eigenvalue weighted by atomic mass is 32.1. The molecule has 140 valence electrons. The van der Waals surface area contributed by atoms with Gasteiger partial charge in [-0.15, -0.1) is 22.7 Å². The Balaban J connectivity index is 1.48. The van der Waals surface area contributed by atoms with Gasteiger partial charge in [-0.25, -0.2) is 0 Å². The molecule has 0 amide bonds. The number of nitrogens with one attached hydrogen (secondary N) is 2. The Hall–Kier alpha value is -1.70. The van der Waals surface area contributed by atoms with Crippen LogP contribution in [-0.4, -0.2) is 36.9 Å². The predicted molar refractivity (Wildman–Crippen MR) is 109 cm³/mol. The minimum Gasteiger partial charge on any atom is -0.481 e. The van der Waals surface area contributed by atoms with Gasteiger partial charge in [0.05, 0.1) is 12.1 Å². The van der Waals surface area contributed by atoms with E-state index in [-0.39, 0.29) is 5.92 Å². The zero-order valence-electron chi connectivity index (χ0n) is 15.1. The van der Waals surface area contributed by atoms with Crippen LogP contribution in [0.1, 0.15) is 28.8 Å². The van der Waals surface area contributed by atoms with Crippen LogP contribution in [0.25, 0.3) is 9.75 Å². The normalized spacial score (nSPS) is 20.5. The van der Waals surface area contributed by atoms with E-state index in [9.17, 15) is 4.79 Å². The number of carbonyl (C=O) groups is 1. The Morgan fingerprint density at radius 2 is 2.23 bits per heavy atom. The van der Waals surface area contributed by atoms with Gasteiger partial charge in [0.2, 0.25) is 0 Å². The minimum atomic E-state index is -0.696. The molecule has 0 unspecified atom stereocenters. The van der Waals surface area contributed by atoms with Gasteiger partial charge < -0.3 is 15.8 Å². The van der Waals surface area contributed by atoms with Crippen molar-refractivity contribution < 1.29 is 9.90 Å². The largest absolute Gasteiger partial charge is 0.481 e. The number of nitrogens with zero attached hydrogens (tertiary/aromatic N) is 1.